The van der Waals surface area contributed by atoms with Gasteiger partial charge >= 0.3 is 0 Å². The second-order valence-corrected chi connectivity index (χ2v) is 7.44. The number of amides is 1. The lowest BCUT2D eigenvalue weighted by Gasteiger charge is -2.04. The van der Waals surface area contributed by atoms with Crippen molar-refractivity contribution < 1.29 is 4.79 Å². The van der Waals surface area contributed by atoms with Crippen LogP contribution in [0.15, 0.2) is 42.5 Å². The van der Waals surface area contributed by atoms with Gasteiger partial charge in [0, 0.05) is 21.7 Å². The summed E-state index contributed by atoms with van der Waals surface area (Å²) < 4.78 is 0.825. The van der Waals surface area contributed by atoms with Crippen molar-refractivity contribution in [2.75, 3.05) is 5.32 Å². The number of thiazole rings is 1. The Hall–Kier alpha value is -2.21. The summed E-state index contributed by atoms with van der Waals surface area (Å²) in [6.07, 6.45) is 0. The Morgan fingerprint density at radius 2 is 1.92 bits per heavy atom. The molecule has 2 heterocycles. The molecule has 7 heteroatoms. The summed E-state index contributed by atoms with van der Waals surface area (Å²) in [6.45, 7) is 1.94. The highest BCUT2D eigenvalue weighted by Gasteiger charge is 2.13. The summed E-state index contributed by atoms with van der Waals surface area (Å²) in [5.74, 6) is -0.233. The van der Waals surface area contributed by atoms with Gasteiger partial charge in [0.05, 0.1) is 15.2 Å². The SMILES string of the molecule is Cc1ccc2cc(C(=O)Nc3nc4c(Cl)cc(Cl)cc4s3)ccc2n1. The molecule has 0 saturated heterocycles. The van der Waals surface area contributed by atoms with Crippen molar-refractivity contribution in [3.05, 3.63) is 63.8 Å². The van der Waals surface area contributed by atoms with Crippen LogP contribution in [0.25, 0.3) is 21.1 Å². The van der Waals surface area contributed by atoms with Gasteiger partial charge in [-0.25, -0.2) is 4.98 Å². The van der Waals surface area contributed by atoms with Crippen molar-refractivity contribution in [1.82, 2.24) is 9.97 Å². The molecule has 124 valence electrons. The standard InChI is InChI=1S/C18H11Cl2N3OS/c1-9-2-3-10-6-11(4-5-14(10)21-9)17(24)23-18-22-16-13(20)7-12(19)8-15(16)25-18/h2-8H,1H3,(H,22,23,24). The number of nitrogens with zero attached hydrogens (tertiary/aromatic N) is 2. The molecular weight excluding hydrogens is 377 g/mol. The maximum Gasteiger partial charge on any atom is 0.257 e. The van der Waals surface area contributed by atoms with Crippen molar-refractivity contribution >= 4 is 66.7 Å². The van der Waals surface area contributed by atoms with E-state index in [0.717, 1.165) is 21.3 Å². The van der Waals surface area contributed by atoms with Crippen molar-refractivity contribution in [1.29, 1.82) is 0 Å². The number of rotatable bonds is 2. The lowest BCUT2D eigenvalue weighted by Crippen LogP contribution is -2.11. The Morgan fingerprint density at radius 1 is 1.08 bits per heavy atom. The zero-order chi connectivity index (χ0) is 17.6. The summed E-state index contributed by atoms with van der Waals surface area (Å²) in [6, 6.07) is 12.7. The number of carbonyl (C=O) groups excluding carboxylic acids is 1. The molecule has 0 aliphatic carbocycles. The van der Waals surface area contributed by atoms with Crippen LogP contribution in [0.5, 0.6) is 0 Å². The summed E-state index contributed by atoms with van der Waals surface area (Å²) in [5, 5.41) is 5.21. The van der Waals surface area contributed by atoms with E-state index >= 15 is 0 Å². The third kappa shape index (κ3) is 3.18. The molecule has 0 atom stereocenters. The molecule has 0 spiro atoms. The predicted molar refractivity (Wildman–Crippen MR) is 104 cm³/mol. The molecule has 4 rings (SSSR count). The summed E-state index contributed by atoms with van der Waals surface area (Å²) in [7, 11) is 0. The molecule has 0 radical (unpaired) electrons. The molecule has 0 fully saturated rings. The molecule has 4 nitrogen and oxygen atoms in total. The molecule has 1 N–H and O–H groups in total. The first-order chi connectivity index (χ1) is 12.0. The first kappa shape index (κ1) is 16.3. The van der Waals surface area contributed by atoms with E-state index in [1.54, 1.807) is 18.2 Å². The Bertz CT molecular complexity index is 1140. The number of aryl methyl sites for hydroxylation is 1. The van der Waals surface area contributed by atoms with Crippen LogP contribution in [-0.4, -0.2) is 15.9 Å². The zero-order valence-corrected chi connectivity index (χ0v) is 15.3. The number of anilines is 1. The summed E-state index contributed by atoms with van der Waals surface area (Å²) in [4.78, 5) is 21.3. The van der Waals surface area contributed by atoms with Crippen LogP contribution in [-0.2, 0) is 0 Å². The van der Waals surface area contributed by atoms with Crippen molar-refractivity contribution in [2.24, 2.45) is 0 Å². The highest BCUT2D eigenvalue weighted by Crippen LogP contribution is 2.33. The van der Waals surface area contributed by atoms with Gasteiger partial charge < -0.3 is 0 Å². The van der Waals surface area contributed by atoms with E-state index in [4.69, 9.17) is 23.2 Å². The van der Waals surface area contributed by atoms with Gasteiger partial charge in [-0.3, -0.25) is 15.1 Å². The maximum atomic E-state index is 12.5. The first-order valence-electron chi connectivity index (χ1n) is 7.44. The average Bonchev–Trinajstić information content (AvgIpc) is 2.97. The lowest BCUT2D eigenvalue weighted by molar-refractivity contribution is 0.102. The minimum atomic E-state index is -0.233. The quantitative estimate of drug-likeness (QED) is 0.478. The molecule has 0 bridgehead atoms. The number of aromatic nitrogens is 2. The van der Waals surface area contributed by atoms with Gasteiger partial charge in [-0.2, -0.15) is 0 Å². The fourth-order valence-corrected chi connectivity index (χ4v) is 4.13. The van der Waals surface area contributed by atoms with Gasteiger partial charge in [-0.1, -0.05) is 40.6 Å². The second kappa shape index (κ2) is 6.26. The number of hydrogen-bond donors (Lipinski definition) is 1. The second-order valence-electron chi connectivity index (χ2n) is 5.57. The molecule has 0 unspecified atom stereocenters. The van der Waals surface area contributed by atoms with Crippen molar-refractivity contribution in [3.8, 4) is 0 Å². The van der Waals surface area contributed by atoms with Crippen molar-refractivity contribution in [3.63, 3.8) is 0 Å². The van der Waals surface area contributed by atoms with Gasteiger partial charge in [-0.15, -0.1) is 0 Å². The Morgan fingerprint density at radius 3 is 2.76 bits per heavy atom. The van der Waals surface area contributed by atoms with Crippen LogP contribution in [0.1, 0.15) is 16.1 Å². The number of fused-ring (bicyclic) bond motifs is 2. The minimum Gasteiger partial charge on any atom is -0.298 e. The van der Waals surface area contributed by atoms with Gasteiger partial charge in [-0.05, 0) is 43.3 Å². The highest BCUT2D eigenvalue weighted by atomic mass is 35.5. The van der Waals surface area contributed by atoms with Crippen LogP contribution in [0.3, 0.4) is 0 Å². The number of benzene rings is 2. The molecule has 25 heavy (non-hydrogen) atoms. The Kier molecular flexibility index (Phi) is 4.07. The Labute approximate surface area is 157 Å². The van der Waals surface area contributed by atoms with E-state index in [1.807, 2.05) is 31.2 Å². The van der Waals surface area contributed by atoms with Gasteiger partial charge in [0.2, 0.25) is 0 Å². The van der Waals surface area contributed by atoms with Crippen LogP contribution in [0.2, 0.25) is 10.0 Å². The van der Waals surface area contributed by atoms with E-state index in [2.05, 4.69) is 15.3 Å². The van der Waals surface area contributed by atoms with Crippen molar-refractivity contribution in [2.45, 2.75) is 6.92 Å². The monoisotopic (exact) mass is 387 g/mol. The molecule has 4 aromatic rings. The molecule has 0 aliphatic heterocycles. The van der Waals surface area contributed by atoms with Gasteiger partial charge in [0.1, 0.15) is 5.52 Å². The summed E-state index contributed by atoms with van der Waals surface area (Å²) >= 11 is 13.5. The topological polar surface area (TPSA) is 54.9 Å². The third-order valence-corrected chi connectivity index (χ3v) is 5.15. The molecule has 0 aliphatic rings. The average molecular weight is 388 g/mol. The third-order valence-electron chi connectivity index (χ3n) is 3.72. The van der Waals surface area contributed by atoms with Gasteiger partial charge in [0.25, 0.3) is 5.91 Å². The van der Waals surface area contributed by atoms with E-state index < -0.39 is 0 Å². The molecule has 2 aromatic carbocycles. The van der Waals surface area contributed by atoms with Crippen LogP contribution >= 0.6 is 34.5 Å². The number of nitrogens with one attached hydrogen (secondary N) is 1. The fraction of sp³-hybridized carbons (Fsp3) is 0.0556. The Balaban J connectivity index is 1.65. The smallest absolute Gasteiger partial charge is 0.257 e. The number of halogens is 2. The first-order valence-corrected chi connectivity index (χ1v) is 9.01. The zero-order valence-electron chi connectivity index (χ0n) is 13.0. The van der Waals surface area contributed by atoms with Crippen LogP contribution in [0.4, 0.5) is 5.13 Å². The fourth-order valence-electron chi connectivity index (χ4n) is 2.55. The minimum absolute atomic E-state index is 0.233. The van der Waals surface area contributed by atoms with E-state index in [9.17, 15) is 4.79 Å². The largest absolute Gasteiger partial charge is 0.298 e. The van der Waals surface area contributed by atoms with E-state index in [0.29, 0.717) is 26.3 Å². The van der Waals surface area contributed by atoms with Gasteiger partial charge in [0.15, 0.2) is 5.13 Å². The number of hydrogen-bond acceptors (Lipinski definition) is 4. The number of pyridine rings is 1. The number of carbonyl (C=O) groups is 1. The normalized spacial score (nSPS) is 11.2. The van der Waals surface area contributed by atoms with Crippen LogP contribution in [0, 0.1) is 6.92 Å². The summed E-state index contributed by atoms with van der Waals surface area (Å²) in [5.41, 5.74) is 2.97. The lowest BCUT2D eigenvalue weighted by atomic mass is 10.1. The molecular formula is C18H11Cl2N3OS. The molecule has 0 saturated carbocycles. The maximum absolute atomic E-state index is 12.5. The predicted octanol–water partition coefficient (Wildman–Crippen LogP) is 5.71. The molecule has 1 amide bonds. The van der Waals surface area contributed by atoms with E-state index in [-0.39, 0.29) is 5.91 Å². The van der Waals surface area contributed by atoms with Crippen LogP contribution < -0.4 is 5.32 Å². The highest BCUT2D eigenvalue weighted by molar-refractivity contribution is 7.22. The molecule has 2 aromatic heterocycles. The van der Waals surface area contributed by atoms with E-state index in [1.165, 1.54) is 11.3 Å².